The molecule has 0 N–H and O–H groups in total. The number of hydrogen-bond donors (Lipinski definition) is 0. The maximum atomic E-state index is 13.0. The number of aromatic nitrogens is 2. The third-order valence-electron chi connectivity index (χ3n) is 3.78. The highest BCUT2D eigenvalue weighted by molar-refractivity contribution is 5.98. The molecule has 1 atom stereocenters. The van der Waals surface area contributed by atoms with Crippen molar-refractivity contribution in [1.29, 1.82) is 0 Å². The van der Waals surface area contributed by atoms with E-state index in [-0.39, 0.29) is 5.91 Å². The molecule has 24 heavy (non-hydrogen) atoms. The highest BCUT2D eigenvalue weighted by atomic mass is 16.5. The van der Waals surface area contributed by atoms with Crippen LogP contribution in [0.2, 0.25) is 0 Å². The number of methoxy groups -OCH3 is 1. The Bertz CT molecular complexity index is 554. The first kappa shape index (κ1) is 20.2. The molecule has 0 saturated carbocycles. The summed E-state index contributed by atoms with van der Waals surface area (Å²) >= 11 is 0. The molecule has 0 radical (unpaired) electrons. The number of nitrogens with zero attached hydrogens (tertiary/aromatic N) is 3. The fourth-order valence-electron chi connectivity index (χ4n) is 2.83. The lowest BCUT2D eigenvalue weighted by Crippen LogP contribution is -2.44. The van der Waals surface area contributed by atoms with E-state index < -0.39 is 11.9 Å². The molecule has 0 bridgehead atoms. The summed E-state index contributed by atoms with van der Waals surface area (Å²) in [6.07, 6.45) is 0.301. The van der Waals surface area contributed by atoms with Gasteiger partial charge in [0.15, 0.2) is 0 Å². The number of carbonyl (C=O) groups excluding carboxylic acids is 2. The van der Waals surface area contributed by atoms with Crippen molar-refractivity contribution in [3.8, 4) is 0 Å². The van der Waals surface area contributed by atoms with E-state index >= 15 is 0 Å². The molecule has 6 nitrogen and oxygen atoms in total. The quantitative estimate of drug-likeness (QED) is 0.539. The van der Waals surface area contributed by atoms with Gasteiger partial charge in [-0.05, 0) is 24.8 Å². The van der Waals surface area contributed by atoms with Gasteiger partial charge in [0.1, 0.15) is 5.92 Å². The van der Waals surface area contributed by atoms with Gasteiger partial charge in [-0.15, -0.1) is 0 Å². The summed E-state index contributed by atoms with van der Waals surface area (Å²) in [6.45, 7) is 11.4. The Kier molecular flexibility index (Phi) is 7.45. The van der Waals surface area contributed by atoms with Gasteiger partial charge in [0.25, 0.3) is 0 Å². The number of hydrogen-bond acceptors (Lipinski definition) is 4. The average Bonchev–Trinajstić information content (AvgIpc) is 2.79. The van der Waals surface area contributed by atoms with Crippen molar-refractivity contribution in [2.75, 3.05) is 20.2 Å². The lowest BCUT2D eigenvalue weighted by Gasteiger charge is -2.29. The Balaban J connectivity index is 3.05. The minimum Gasteiger partial charge on any atom is -0.468 e. The van der Waals surface area contributed by atoms with E-state index in [1.165, 1.54) is 7.11 Å². The number of rotatable bonds is 8. The summed E-state index contributed by atoms with van der Waals surface area (Å²) in [4.78, 5) is 27.1. The summed E-state index contributed by atoms with van der Waals surface area (Å²) in [5, 5.41) is 4.29. The molecule has 0 aliphatic heterocycles. The molecule has 0 aliphatic rings. The van der Waals surface area contributed by atoms with Gasteiger partial charge >= 0.3 is 5.97 Å². The first-order chi connectivity index (χ1) is 11.1. The molecule has 0 aromatic carbocycles. The molecule has 0 fully saturated rings. The van der Waals surface area contributed by atoms with Crippen molar-refractivity contribution in [1.82, 2.24) is 14.7 Å². The highest BCUT2D eigenvalue weighted by Gasteiger charge is 2.33. The molecule has 1 heterocycles. The molecule has 0 aliphatic carbocycles. The topological polar surface area (TPSA) is 64.4 Å². The van der Waals surface area contributed by atoms with Crippen molar-refractivity contribution >= 4 is 11.9 Å². The van der Waals surface area contributed by atoms with Crippen LogP contribution in [0.25, 0.3) is 0 Å². The molecule has 136 valence electrons. The van der Waals surface area contributed by atoms with Crippen LogP contribution in [-0.2, 0) is 27.8 Å². The zero-order valence-corrected chi connectivity index (χ0v) is 16.0. The number of carbonyl (C=O) groups is 2. The molecule has 1 aromatic heterocycles. The predicted octanol–water partition coefficient (Wildman–Crippen LogP) is 2.20. The van der Waals surface area contributed by atoms with E-state index in [1.807, 2.05) is 20.0 Å². The van der Waals surface area contributed by atoms with Crippen molar-refractivity contribution in [3.05, 3.63) is 17.5 Å². The third-order valence-corrected chi connectivity index (χ3v) is 3.78. The van der Waals surface area contributed by atoms with Gasteiger partial charge in [-0.1, -0.05) is 27.7 Å². The van der Waals surface area contributed by atoms with Crippen LogP contribution in [0.1, 0.15) is 39.1 Å². The smallest absolute Gasteiger partial charge is 0.318 e. The standard InChI is InChI=1S/C18H31N3O3/c1-12(2)10-21(11-13(3)4)17(22)16(18(23)24-7)9-15-8-14(5)19-20(15)6/h8,12-13,16H,9-11H2,1-7H3. The maximum Gasteiger partial charge on any atom is 0.318 e. The molecule has 1 amide bonds. The molecule has 1 unspecified atom stereocenters. The Labute approximate surface area is 145 Å². The zero-order valence-electron chi connectivity index (χ0n) is 16.0. The van der Waals surface area contributed by atoms with Gasteiger partial charge in [0, 0.05) is 32.3 Å². The minimum atomic E-state index is -0.831. The van der Waals surface area contributed by atoms with E-state index in [1.54, 1.807) is 9.58 Å². The third kappa shape index (κ3) is 5.65. The van der Waals surface area contributed by atoms with E-state index in [0.717, 1.165) is 11.4 Å². The predicted molar refractivity (Wildman–Crippen MR) is 93.4 cm³/mol. The number of amides is 1. The van der Waals surface area contributed by atoms with Gasteiger partial charge in [-0.3, -0.25) is 14.3 Å². The van der Waals surface area contributed by atoms with E-state index in [9.17, 15) is 9.59 Å². The Morgan fingerprint density at radius 3 is 2.12 bits per heavy atom. The van der Waals surface area contributed by atoms with Gasteiger partial charge < -0.3 is 9.64 Å². The number of aryl methyl sites for hydroxylation is 2. The normalized spacial score (nSPS) is 12.5. The minimum absolute atomic E-state index is 0.164. The van der Waals surface area contributed by atoms with Crippen molar-refractivity contribution < 1.29 is 14.3 Å². The van der Waals surface area contributed by atoms with Crippen LogP contribution >= 0.6 is 0 Å². The van der Waals surface area contributed by atoms with Crippen molar-refractivity contribution in [2.45, 2.75) is 41.0 Å². The first-order valence-corrected chi connectivity index (χ1v) is 8.51. The van der Waals surface area contributed by atoms with Crippen molar-refractivity contribution in [2.24, 2.45) is 24.8 Å². The van der Waals surface area contributed by atoms with Crippen LogP contribution in [0.4, 0.5) is 0 Å². The summed E-state index contributed by atoms with van der Waals surface area (Å²) in [7, 11) is 3.15. The first-order valence-electron chi connectivity index (χ1n) is 8.51. The van der Waals surface area contributed by atoms with Crippen LogP contribution < -0.4 is 0 Å². The molecule has 6 heteroatoms. The van der Waals surface area contributed by atoms with E-state index in [4.69, 9.17) is 4.74 Å². The molecular formula is C18H31N3O3. The van der Waals surface area contributed by atoms with Crippen LogP contribution in [0.15, 0.2) is 6.07 Å². The summed E-state index contributed by atoms with van der Waals surface area (Å²) in [6, 6.07) is 1.90. The molecular weight excluding hydrogens is 306 g/mol. The molecule has 1 rings (SSSR count). The van der Waals surface area contributed by atoms with Gasteiger partial charge in [0.05, 0.1) is 12.8 Å². The van der Waals surface area contributed by atoms with Crippen LogP contribution in [0, 0.1) is 24.7 Å². The number of esters is 1. The highest BCUT2D eigenvalue weighted by Crippen LogP contribution is 2.17. The zero-order chi connectivity index (χ0) is 18.4. The Hall–Kier alpha value is -1.85. The van der Waals surface area contributed by atoms with Gasteiger partial charge in [-0.2, -0.15) is 5.10 Å². The summed E-state index contributed by atoms with van der Waals surface area (Å²) in [5.74, 6) is -0.809. The fraction of sp³-hybridized carbons (Fsp3) is 0.722. The lowest BCUT2D eigenvalue weighted by molar-refractivity contribution is -0.154. The maximum absolute atomic E-state index is 13.0. The summed E-state index contributed by atoms with van der Waals surface area (Å²) < 4.78 is 6.61. The lowest BCUT2D eigenvalue weighted by atomic mass is 9.99. The second kappa shape index (κ2) is 8.85. The van der Waals surface area contributed by atoms with E-state index in [0.29, 0.717) is 31.3 Å². The molecule has 1 aromatic rings. The Morgan fingerprint density at radius 2 is 1.75 bits per heavy atom. The second-order valence-electron chi connectivity index (χ2n) is 7.21. The molecule has 0 saturated heterocycles. The second-order valence-corrected chi connectivity index (χ2v) is 7.21. The Morgan fingerprint density at radius 1 is 1.21 bits per heavy atom. The largest absolute Gasteiger partial charge is 0.468 e. The average molecular weight is 337 g/mol. The van der Waals surface area contributed by atoms with Crippen LogP contribution in [-0.4, -0.2) is 46.8 Å². The summed E-state index contributed by atoms with van der Waals surface area (Å²) in [5.41, 5.74) is 1.72. The fourth-order valence-corrected chi connectivity index (χ4v) is 2.83. The van der Waals surface area contributed by atoms with Gasteiger partial charge in [-0.25, -0.2) is 0 Å². The van der Waals surface area contributed by atoms with E-state index in [2.05, 4.69) is 32.8 Å². The SMILES string of the molecule is COC(=O)C(Cc1cc(C)nn1C)C(=O)N(CC(C)C)CC(C)C. The monoisotopic (exact) mass is 337 g/mol. The van der Waals surface area contributed by atoms with Gasteiger partial charge in [0.2, 0.25) is 5.91 Å². The molecule has 0 spiro atoms. The van der Waals surface area contributed by atoms with Crippen LogP contribution in [0.3, 0.4) is 0 Å². The number of ether oxygens (including phenoxy) is 1. The van der Waals surface area contributed by atoms with Crippen molar-refractivity contribution in [3.63, 3.8) is 0 Å². The van der Waals surface area contributed by atoms with Crippen LogP contribution in [0.5, 0.6) is 0 Å².